The maximum atomic E-state index is 13.2. The molecule has 2 aromatic carbocycles. The van der Waals surface area contributed by atoms with E-state index in [-0.39, 0.29) is 18.1 Å². The van der Waals surface area contributed by atoms with Crippen LogP contribution in [0.5, 0.6) is 0 Å². The molecule has 0 aliphatic rings. The zero-order valence-corrected chi connectivity index (χ0v) is 14.2. The topological polar surface area (TPSA) is 62.7 Å². The van der Waals surface area contributed by atoms with Crippen molar-refractivity contribution in [3.05, 3.63) is 72.4 Å². The molecule has 0 radical (unpaired) electrons. The molecule has 1 amide bonds. The van der Waals surface area contributed by atoms with Gasteiger partial charge in [0.15, 0.2) is 0 Å². The van der Waals surface area contributed by atoms with Gasteiger partial charge >= 0.3 is 0 Å². The number of carbonyl (C=O) groups is 1. The van der Waals surface area contributed by atoms with Gasteiger partial charge in [0.2, 0.25) is 5.91 Å². The number of aryl methyl sites for hydroxylation is 1. The van der Waals surface area contributed by atoms with Gasteiger partial charge in [0.25, 0.3) is 0 Å². The Labute approximate surface area is 149 Å². The van der Waals surface area contributed by atoms with E-state index in [1.807, 2.05) is 30.5 Å². The molecule has 0 unspecified atom stereocenters. The number of para-hydroxylation sites is 1. The van der Waals surface area contributed by atoms with Crippen LogP contribution >= 0.6 is 0 Å². The number of nitrogens with zero attached hydrogens (tertiary/aromatic N) is 2. The lowest BCUT2D eigenvalue weighted by Gasteiger charge is -2.08. The number of anilines is 1. The second-order valence-electron chi connectivity index (χ2n) is 6.14. The van der Waals surface area contributed by atoms with Crippen LogP contribution in [0.15, 0.2) is 61.1 Å². The highest BCUT2D eigenvalue weighted by atomic mass is 19.1. The van der Waals surface area contributed by atoms with Crippen LogP contribution in [-0.4, -0.2) is 20.4 Å². The van der Waals surface area contributed by atoms with Crippen molar-refractivity contribution in [2.45, 2.75) is 6.42 Å². The molecule has 26 heavy (non-hydrogen) atoms. The summed E-state index contributed by atoms with van der Waals surface area (Å²) in [6.07, 6.45) is 3.73. The van der Waals surface area contributed by atoms with Gasteiger partial charge in [0.1, 0.15) is 17.3 Å². The largest absolute Gasteiger partial charge is 0.361 e. The predicted octanol–water partition coefficient (Wildman–Crippen LogP) is 3.89. The summed E-state index contributed by atoms with van der Waals surface area (Å²) >= 11 is 0. The molecule has 130 valence electrons. The Morgan fingerprint density at radius 3 is 2.77 bits per heavy atom. The number of fused-ring (bicyclic) bond motifs is 1. The lowest BCUT2D eigenvalue weighted by molar-refractivity contribution is -0.115. The van der Waals surface area contributed by atoms with Gasteiger partial charge in [-0.05, 0) is 35.9 Å². The Balaban J connectivity index is 1.58. The summed E-state index contributed by atoms with van der Waals surface area (Å²) < 4.78 is 14.9. The molecule has 0 spiro atoms. The molecule has 0 saturated carbocycles. The minimum absolute atomic E-state index is 0.137. The van der Waals surface area contributed by atoms with Crippen molar-refractivity contribution in [2.75, 3.05) is 5.32 Å². The molecule has 4 rings (SSSR count). The van der Waals surface area contributed by atoms with Gasteiger partial charge in [-0.2, -0.15) is 0 Å². The van der Waals surface area contributed by atoms with Gasteiger partial charge in [-0.15, -0.1) is 0 Å². The van der Waals surface area contributed by atoms with E-state index in [4.69, 9.17) is 0 Å². The maximum Gasteiger partial charge on any atom is 0.230 e. The molecule has 0 aliphatic heterocycles. The molecule has 2 heterocycles. The average molecular weight is 348 g/mol. The number of H-pyrrole nitrogens is 1. The average Bonchev–Trinajstić information content (AvgIpc) is 3.21. The van der Waals surface area contributed by atoms with Crippen LogP contribution in [0.3, 0.4) is 0 Å². The summed E-state index contributed by atoms with van der Waals surface area (Å²) in [6, 6.07) is 13.9. The zero-order valence-electron chi connectivity index (χ0n) is 14.2. The number of benzene rings is 2. The minimum atomic E-state index is -0.311. The summed E-state index contributed by atoms with van der Waals surface area (Å²) in [4.78, 5) is 20.1. The van der Waals surface area contributed by atoms with E-state index in [9.17, 15) is 9.18 Å². The fourth-order valence-electron chi connectivity index (χ4n) is 3.02. The van der Waals surface area contributed by atoms with E-state index in [0.717, 1.165) is 22.0 Å². The molecule has 4 aromatic rings. The minimum Gasteiger partial charge on any atom is -0.361 e. The molecule has 0 fully saturated rings. The molecule has 0 atom stereocenters. The summed E-state index contributed by atoms with van der Waals surface area (Å²) in [5.41, 5.74) is 3.29. The number of rotatable bonds is 4. The SMILES string of the molecule is Cn1cnc(-c2ccc(F)cc2)c1NC(=O)Cc1c[nH]c2ccccc12. The lowest BCUT2D eigenvalue weighted by atomic mass is 10.1. The molecule has 6 heteroatoms. The van der Waals surface area contributed by atoms with Crippen LogP contribution in [0.1, 0.15) is 5.56 Å². The van der Waals surface area contributed by atoms with Crippen molar-refractivity contribution in [1.82, 2.24) is 14.5 Å². The first kappa shape index (κ1) is 16.1. The van der Waals surface area contributed by atoms with Crippen molar-refractivity contribution >= 4 is 22.6 Å². The quantitative estimate of drug-likeness (QED) is 0.588. The molecule has 0 bridgehead atoms. The van der Waals surface area contributed by atoms with Gasteiger partial charge in [0, 0.05) is 29.7 Å². The third-order valence-electron chi connectivity index (χ3n) is 4.34. The molecular formula is C20H17FN4O. The van der Waals surface area contributed by atoms with Gasteiger partial charge in [-0.3, -0.25) is 4.79 Å². The van der Waals surface area contributed by atoms with E-state index >= 15 is 0 Å². The number of imidazole rings is 1. The van der Waals surface area contributed by atoms with Crippen LogP contribution in [0.25, 0.3) is 22.2 Å². The molecule has 0 aliphatic carbocycles. The summed E-state index contributed by atoms with van der Waals surface area (Å²) in [5.74, 6) is 0.137. The lowest BCUT2D eigenvalue weighted by Crippen LogP contribution is -2.16. The van der Waals surface area contributed by atoms with Crippen molar-refractivity contribution in [1.29, 1.82) is 0 Å². The summed E-state index contributed by atoms with van der Waals surface area (Å²) in [5, 5.41) is 3.96. The molecular weight excluding hydrogens is 331 g/mol. The number of halogens is 1. The van der Waals surface area contributed by atoms with Crippen molar-refractivity contribution < 1.29 is 9.18 Å². The van der Waals surface area contributed by atoms with Crippen LogP contribution in [-0.2, 0) is 18.3 Å². The van der Waals surface area contributed by atoms with E-state index < -0.39 is 0 Å². The van der Waals surface area contributed by atoms with Gasteiger partial charge in [-0.1, -0.05) is 18.2 Å². The first-order chi connectivity index (χ1) is 12.6. The molecule has 5 nitrogen and oxygen atoms in total. The van der Waals surface area contributed by atoms with E-state index in [0.29, 0.717) is 11.5 Å². The molecule has 0 saturated heterocycles. The highest BCUT2D eigenvalue weighted by Gasteiger charge is 2.15. The molecule has 2 aromatic heterocycles. The third kappa shape index (κ3) is 2.97. The predicted molar refractivity (Wildman–Crippen MR) is 99.2 cm³/mol. The second kappa shape index (κ2) is 6.48. The highest BCUT2D eigenvalue weighted by Crippen LogP contribution is 2.27. The van der Waals surface area contributed by atoms with E-state index in [2.05, 4.69) is 15.3 Å². The molecule has 2 N–H and O–H groups in total. The number of aromatic amines is 1. The maximum absolute atomic E-state index is 13.2. The number of hydrogen-bond acceptors (Lipinski definition) is 2. The number of hydrogen-bond donors (Lipinski definition) is 2. The smallest absolute Gasteiger partial charge is 0.230 e. The second-order valence-corrected chi connectivity index (χ2v) is 6.14. The van der Waals surface area contributed by atoms with Gasteiger partial charge < -0.3 is 14.9 Å². The zero-order chi connectivity index (χ0) is 18.1. The van der Waals surface area contributed by atoms with Gasteiger partial charge in [-0.25, -0.2) is 9.37 Å². The Morgan fingerprint density at radius 2 is 1.96 bits per heavy atom. The standard InChI is InChI=1S/C20H17FN4O/c1-25-12-23-19(13-6-8-15(21)9-7-13)20(25)24-18(26)10-14-11-22-17-5-3-2-4-16(14)17/h2-9,11-12,22H,10H2,1H3,(H,24,26). The van der Waals surface area contributed by atoms with Crippen LogP contribution in [0.4, 0.5) is 10.2 Å². The van der Waals surface area contributed by atoms with Crippen molar-refractivity contribution in [3.63, 3.8) is 0 Å². The van der Waals surface area contributed by atoms with Crippen LogP contribution < -0.4 is 5.32 Å². The van der Waals surface area contributed by atoms with Crippen molar-refractivity contribution in [2.24, 2.45) is 7.05 Å². The Morgan fingerprint density at radius 1 is 1.19 bits per heavy atom. The Bertz CT molecular complexity index is 1080. The van der Waals surface area contributed by atoms with E-state index in [1.165, 1.54) is 12.1 Å². The third-order valence-corrected chi connectivity index (χ3v) is 4.34. The summed E-state index contributed by atoms with van der Waals surface area (Å²) in [7, 11) is 1.81. The normalized spacial score (nSPS) is 11.0. The fourth-order valence-corrected chi connectivity index (χ4v) is 3.02. The Kier molecular flexibility index (Phi) is 4.01. The summed E-state index contributed by atoms with van der Waals surface area (Å²) in [6.45, 7) is 0. The number of nitrogens with one attached hydrogen (secondary N) is 2. The fraction of sp³-hybridized carbons (Fsp3) is 0.100. The number of amides is 1. The number of aromatic nitrogens is 3. The van der Waals surface area contributed by atoms with E-state index in [1.54, 1.807) is 30.1 Å². The van der Waals surface area contributed by atoms with Crippen molar-refractivity contribution in [3.8, 4) is 11.3 Å². The van der Waals surface area contributed by atoms with Crippen LogP contribution in [0.2, 0.25) is 0 Å². The Hall–Kier alpha value is -3.41. The highest BCUT2D eigenvalue weighted by molar-refractivity contribution is 5.97. The number of carbonyl (C=O) groups excluding carboxylic acids is 1. The monoisotopic (exact) mass is 348 g/mol. The first-order valence-electron chi connectivity index (χ1n) is 8.24. The van der Waals surface area contributed by atoms with Gasteiger partial charge in [0.05, 0.1) is 12.7 Å². The van der Waals surface area contributed by atoms with Crippen LogP contribution in [0, 0.1) is 5.82 Å². The first-order valence-corrected chi connectivity index (χ1v) is 8.24.